The van der Waals surface area contributed by atoms with E-state index in [0.717, 1.165) is 38.5 Å². The molecule has 0 aromatic carbocycles. The zero-order chi connectivity index (χ0) is 47.8. The second kappa shape index (κ2) is 48.3. The Morgan fingerprint density at radius 3 is 1.14 bits per heavy atom. The van der Waals surface area contributed by atoms with Crippen LogP contribution in [0.1, 0.15) is 290 Å². The molecular weight excluding hydrogens is 828 g/mol. The predicted octanol–water partition coefficient (Wildman–Crippen LogP) is 17.0. The maximum Gasteiger partial charge on any atom is 0.472 e. The number of hydrogen-bond acceptors (Lipinski definition) is 5. The number of phosphoric acid groups is 1. The van der Waals surface area contributed by atoms with Crippen molar-refractivity contribution in [2.45, 2.75) is 302 Å². The fraction of sp³-hybridized carbons (Fsp3) is 0.946. The fourth-order valence-electron chi connectivity index (χ4n) is 8.75. The molecule has 8 nitrogen and oxygen atoms in total. The Morgan fingerprint density at radius 2 is 0.815 bits per heavy atom. The van der Waals surface area contributed by atoms with E-state index in [1.807, 2.05) is 27.2 Å². The Balaban J connectivity index is 3.79. The molecule has 0 aliphatic heterocycles. The SMILES string of the molecule is CCCCCCCC/C=C/C(O)C(COP(=O)(O)OCC[N+](C)(C)C)NC(=O)CCCCCCCCCCCCCCCCCCCCCCCCCCCCCCCCCCCCC. The van der Waals surface area contributed by atoms with Crippen LogP contribution in [-0.4, -0.2) is 73.4 Å². The summed E-state index contributed by atoms with van der Waals surface area (Å²) >= 11 is 0. The maximum atomic E-state index is 12.9. The van der Waals surface area contributed by atoms with Crippen LogP contribution >= 0.6 is 7.82 Å². The summed E-state index contributed by atoms with van der Waals surface area (Å²) in [6.45, 7) is 4.80. The Labute approximate surface area is 405 Å². The number of carbonyl (C=O) groups is 1. The van der Waals surface area contributed by atoms with Crippen LogP contribution in [0.3, 0.4) is 0 Å². The first-order valence-electron chi connectivity index (χ1n) is 28.6. The van der Waals surface area contributed by atoms with Gasteiger partial charge in [0.2, 0.25) is 5.91 Å². The molecule has 0 fully saturated rings. The van der Waals surface area contributed by atoms with Gasteiger partial charge in [0.05, 0.1) is 39.9 Å². The third-order valence-corrected chi connectivity index (χ3v) is 14.2. The van der Waals surface area contributed by atoms with Crippen LogP contribution in [0.4, 0.5) is 0 Å². The van der Waals surface area contributed by atoms with Crippen molar-refractivity contribution in [2.75, 3.05) is 40.9 Å². The third-order valence-electron chi connectivity index (χ3n) is 13.3. The number of aliphatic hydroxyl groups is 1. The minimum absolute atomic E-state index is 0.0643. The Morgan fingerprint density at radius 1 is 0.508 bits per heavy atom. The van der Waals surface area contributed by atoms with Gasteiger partial charge in [-0.25, -0.2) is 4.57 Å². The summed E-state index contributed by atoms with van der Waals surface area (Å²) in [5, 5.41) is 13.8. The van der Waals surface area contributed by atoms with Gasteiger partial charge >= 0.3 is 7.82 Å². The summed E-state index contributed by atoms with van der Waals surface area (Å²) in [4.78, 5) is 23.1. The molecule has 0 spiro atoms. The van der Waals surface area contributed by atoms with Crippen molar-refractivity contribution in [3.63, 3.8) is 0 Å². The molecule has 388 valence electrons. The van der Waals surface area contributed by atoms with E-state index in [1.54, 1.807) is 6.08 Å². The van der Waals surface area contributed by atoms with Crippen molar-refractivity contribution in [1.29, 1.82) is 0 Å². The quantitative estimate of drug-likeness (QED) is 0.0243. The highest BCUT2D eigenvalue weighted by Gasteiger charge is 2.27. The molecule has 3 atom stereocenters. The number of hydrogen-bond donors (Lipinski definition) is 3. The standard InChI is InChI=1S/C56H113N2O6P/c1-6-8-10-12-14-16-17-18-19-20-21-22-23-24-25-26-27-28-29-30-31-32-33-34-35-36-37-38-39-40-41-42-44-46-48-50-56(60)57-54(53-64-65(61,62)63-52-51-58(3,4)5)55(59)49-47-45-43-15-13-11-9-7-2/h47,49,54-55,59H,6-46,48,50-53H2,1-5H3,(H-,57,60,61,62)/p+1/b49-47+. The third kappa shape index (κ3) is 50.9. The van der Waals surface area contributed by atoms with E-state index in [-0.39, 0.29) is 19.1 Å². The first-order valence-corrected chi connectivity index (χ1v) is 30.1. The molecule has 0 radical (unpaired) electrons. The van der Waals surface area contributed by atoms with Crippen LogP contribution in [0.5, 0.6) is 0 Å². The zero-order valence-corrected chi connectivity index (χ0v) is 45.2. The number of nitrogens with one attached hydrogen (secondary N) is 1. The number of carbonyl (C=O) groups excluding carboxylic acids is 1. The first kappa shape index (κ1) is 64.2. The lowest BCUT2D eigenvalue weighted by molar-refractivity contribution is -0.870. The summed E-state index contributed by atoms with van der Waals surface area (Å²) in [5.41, 5.74) is 0. The highest BCUT2D eigenvalue weighted by atomic mass is 31.2. The average Bonchev–Trinajstić information content (AvgIpc) is 3.26. The van der Waals surface area contributed by atoms with Crippen molar-refractivity contribution >= 4 is 13.7 Å². The number of unbranched alkanes of at least 4 members (excludes halogenated alkanes) is 40. The van der Waals surface area contributed by atoms with E-state index in [1.165, 1.54) is 231 Å². The number of likely N-dealkylation sites (N-methyl/N-ethyl adjacent to an activating group) is 1. The van der Waals surface area contributed by atoms with Crippen LogP contribution in [-0.2, 0) is 18.4 Å². The topological polar surface area (TPSA) is 105 Å². The van der Waals surface area contributed by atoms with Crippen LogP contribution in [0.15, 0.2) is 12.2 Å². The molecule has 0 aromatic heterocycles. The Bertz CT molecular complexity index is 1070. The van der Waals surface area contributed by atoms with Gasteiger partial charge in [0.1, 0.15) is 13.2 Å². The van der Waals surface area contributed by atoms with Crippen molar-refractivity contribution in [2.24, 2.45) is 0 Å². The number of quaternary nitrogens is 1. The number of aliphatic hydroxyl groups excluding tert-OH is 1. The molecule has 65 heavy (non-hydrogen) atoms. The van der Waals surface area contributed by atoms with Gasteiger partial charge in [-0.3, -0.25) is 13.8 Å². The zero-order valence-electron chi connectivity index (χ0n) is 44.3. The first-order chi connectivity index (χ1) is 31.5. The second-order valence-corrected chi connectivity index (χ2v) is 22.5. The van der Waals surface area contributed by atoms with E-state index < -0.39 is 20.0 Å². The summed E-state index contributed by atoms with van der Waals surface area (Å²) in [6.07, 6.45) is 59.3. The fourth-order valence-corrected chi connectivity index (χ4v) is 9.49. The van der Waals surface area contributed by atoms with Crippen molar-refractivity contribution in [3.05, 3.63) is 12.2 Å². The smallest absolute Gasteiger partial charge is 0.387 e. The van der Waals surface area contributed by atoms with Gasteiger partial charge in [-0.05, 0) is 19.3 Å². The van der Waals surface area contributed by atoms with Crippen molar-refractivity contribution in [1.82, 2.24) is 5.32 Å². The van der Waals surface area contributed by atoms with E-state index in [9.17, 15) is 19.4 Å². The summed E-state index contributed by atoms with van der Waals surface area (Å²) in [5.74, 6) is -0.174. The molecule has 0 rings (SSSR count). The molecular formula is C56H114N2O6P+. The number of nitrogens with zero attached hydrogens (tertiary/aromatic N) is 1. The Hall–Kier alpha value is -0.760. The minimum Gasteiger partial charge on any atom is -0.387 e. The molecule has 0 saturated carbocycles. The number of phosphoric ester groups is 1. The molecule has 9 heteroatoms. The van der Waals surface area contributed by atoms with Gasteiger partial charge in [0.25, 0.3) is 0 Å². The van der Waals surface area contributed by atoms with Crippen LogP contribution in [0.25, 0.3) is 0 Å². The molecule has 3 unspecified atom stereocenters. The minimum atomic E-state index is -4.33. The van der Waals surface area contributed by atoms with Gasteiger partial charge < -0.3 is 19.8 Å². The van der Waals surface area contributed by atoms with Gasteiger partial charge in [-0.1, -0.05) is 276 Å². The second-order valence-electron chi connectivity index (χ2n) is 21.0. The van der Waals surface area contributed by atoms with Crippen LogP contribution in [0, 0.1) is 0 Å². The largest absolute Gasteiger partial charge is 0.472 e. The molecule has 0 aliphatic rings. The number of amides is 1. The highest BCUT2D eigenvalue weighted by molar-refractivity contribution is 7.47. The summed E-state index contributed by atoms with van der Waals surface area (Å²) < 4.78 is 23.5. The lowest BCUT2D eigenvalue weighted by Crippen LogP contribution is -2.45. The maximum absolute atomic E-state index is 12.9. The van der Waals surface area contributed by atoms with Crippen LogP contribution in [0.2, 0.25) is 0 Å². The van der Waals surface area contributed by atoms with Crippen molar-refractivity contribution in [3.8, 4) is 0 Å². The van der Waals surface area contributed by atoms with E-state index in [0.29, 0.717) is 17.4 Å². The van der Waals surface area contributed by atoms with Gasteiger partial charge in [-0.15, -0.1) is 0 Å². The van der Waals surface area contributed by atoms with E-state index >= 15 is 0 Å². The van der Waals surface area contributed by atoms with Gasteiger partial charge in [-0.2, -0.15) is 0 Å². The molecule has 3 N–H and O–H groups in total. The predicted molar refractivity (Wildman–Crippen MR) is 282 cm³/mol. The molecule has 0 heterocycles. The molecule has 0 bridgehead atoms. The number of rotatable bonds is 53. The average molecular weight is 943 g/mol. The lowest BCUT2D eigenvalue weighted by atomic mass is 10.0. The van der Waals surface area contributed by atoms with E-state index in [4.69, 9.17) is 9.05 Å². The highest BCUT2D eigenvalue weighted by Crippen LogP contribution is 2.43. The van der Waals surface area contributed by atoms with Crippen LogP contribution < -0.4 is 5.32 Å². The van der Waals surface area contributed by atoms with Gasteiger partial charge in [0.15, 0.2) is 0 Å². The number of allylic oxidation sites excluding steroid dienone is 1. The Kier molecular flexibility index (Phi) is 47.7. The summed E-state index contributed by atoms with van der Waals surface area (Å²) in [6, 6.07) is -0.839. The monoisotopic (exact) mass is 942 g/mol. The molecule has 0 aliphatic carbocycles. The molecule has 0 saturated heterocycles. The van der Waals surface area contributed by atoms with Gasteiger partial charge in [0, 0.05) is 6.42 Å². The molecule has 0 aromatic rings. The lowest BCUT2D eigenvalue weighted by Gasteiger charge is -2.25. The van der Waals surface area contributed by atoms with Crippen molar-refractivity contribution < 1.29 is 32.9 Å². The van der Waals surface area contributed by atoms with E-state index in [2.05, 4.69) is 19.2 Å². The molecule has 1 amide bonds. The normalized spacial score (nSPS) is 14.0. The summed E-state index contributed by atoms with van der Waals surface area (Å²) in [7, 11) is 1.58.